The molecule has 28 heavy (non-hydrogen) atoms. The third-order valence-electron chi connectivity index (χ3n) is 4.47. The molecule has 0 spiro atoms. The first-order valence-electron chi connectivity index (χ1n) is 9.21. The number of rotatable bonds is 8. The highest BCUT2D eigenvalue weighted by atomic mass is 16.5. The van der Waals surface area contributed by atoms with Gasteiger partial charge < -0.3 is 19.8 Å². The van der Waals surface area contributed by atoms with E-state index in [1.807, 2.05) is 48.5 Å². The molecule has 0 bridgehead atoms. The zero-order valence-electron chi connectivity index (χ0n) is 15.7. The highest BCUT2D eigenvalue weighted by Crippen LogP contribution is 2.22. The molecule has 0 aliphatic carbocycles. The van der Waals surface area contributed by atoms with Crippen LogP contribution in [0.15, 0.2) is 71.3 Å². The van der Waals surface area contributed by atoms with Crippen molar-refractivity contribution in [3.63, 3.8) is 0 Å². The number of fused-ring (bicyclic) bond motifs is 1. The Kier molecular flexibility index (Phi) is 5.38. The highest BCUT2D eigenvalue weighted by Gasteiger charge is 2.08. The lowest BCUT2D eigenvalue weighted by atomic mass is 10.1. The van der Waals surface area contributed by atoms with E-state index in [1.54, 1.807) is 13.4 Å². The van der Waals surface area contributed by atoms with Gasteiger partial charge in [-0.15, -0.1) is 0 Å². The smallest absolute Gasteiger partial charge is 0.225 e. The molecule has 0 radical (unpaired) electrons. The Balaban J connectivity index is 1.46. The number of hydrogen-bond donors (Lipinski definition) is 2. The monoisotopic (exact) mass is 374 g/mol. The summed E-state index contributed by atoms with van der Waals surface area (Å²) in [5.41, 5.74) is 2.12. The summed E-state index contributed by atoms with van der Waals surface area (Å²) in [6.45, 7) is 1.31. The normalized spacial score (nSPS) is 10.8. The maximum atomic E-state index is 5.40. The van der Waals surface area contributed by atoms with Crippen LogP contribution in [0.5, 0.6) is 5.75 Å². The zero-order chi connectivity index (χ0) is 19.2. The van der Waals surface area contributed by atoms with E-state index in [0.717, 1.165) is 41.2 Å². The summed E-state index contributed by atoms with van der Waals surface area (Å²) in [4.78, 5) is 9.30. The van der Waals surface area contributed by atoms with E-state index in [9.17, 15) is 0 Å². The van der Waals surface area contributed by atoms with Crippen molar-refractivity contribution in [2.45, 2.75) is 13.0 Å². The number of para-hydroxylation sites is 1. The van der Waals surface area contributed by atoms with Crippen LogP contribution >= 0.6 is 0 Å². The van der Waals surface area contributed by atoms with Crippen molar-refractivity contribution in [3.8, 4) is 5.75 Å². The van der Waals surface area contributed by atoms with Gasteiger partial charge in [-0.25, -0.2) is 4.98 Å². The summed E-state index contributed by atoms with van der Waals surface area (Å²) in [6, 6.07) is 19.9. The van der Waals surface area contributed by atoms with E-state index in [2.05, 4.69) is 32.7 Å². The SMILES string of the molecule is COc1ccc(CCNc2nc(NCc3ccco3)c3ccccc3n2)cc1. The molecule has 2 N–H and O–H groups in total. The molecule has 6 heteroatoms. The molecule has 0 aliphatic rings. The molecular weight excluding hydrogens is 352 g/mol. The summed E-state index contributed by atoms with van der Waals surface area (Å²) in [5, 5.41) is 7.66. The first-order valence-corrected chi connectivity index (χ1v) is 9.21. The number of nitrogens with one attached hydrogen (secondary N) is 2. The summed E-state index contributed by atoms with van der Waals surface area (Å²) in [5.74, 6) is 3.11. The Labute approximate surface area is 163 Å². The minimum atomic E-state index is 0.569. The Morgan fingerprint density at radius 1 is 0.929 bits per heavy atom. The van der Waals surface area contributed by atoms with E-state index in [1.165, 1.54) is 5.56 Å². The fourth-order valence-electron chi connectivity index (χ4n) is 2.99. The Hall–Kier alpha value is -3.54. The number of hydrogen-bond acceptors (Lipinski definition) is 6. The van der Waals surface area contributed by atoms with Crippen molar-refractivity contribution < 1.29 is 9.15 Å². The molecule has 4 rings (SSSR count). The average Bonchev–Trinajstić information content (AvgIpc) is 3.26. The topological polar surface area (TPSA) is 72.2 Å². The lowest BCUT2D eigenvalue weighted by Crippen LogP contribution is -2.10. The van der Waals surface area contributed by atoms with Crippen LogP contribution in [0.4, 0.5) is 11.8 Å². The molecule has 0 saturated heterocycles. The van der Waals surface area contributed by atoms with Crippen molar-refractivity contribution in [3.05, 3.63) is 78.3 Å². The van der Waals surface area contributed by atoms with Gasteiger partial charge in [0.2, 0.25) is 5.95 Å². The number of nitrogens with zero attached hydrogens (tertiary/aromatic N) is 2. The number of ether oxygens (including phenoxy) is 1. The second-order valence-electron chi connectivity index (χ2n) is 6.37. The Morgan fingerprint density at radius 3 is 2.57 bits per heavy atom. The standard InChI is InChI=1S/C22H22N4O2/c1-27-17-10-8-16(9-11-17)12-13-23-22-25-20-7-3-2-6-19(20)21(26-22)24-15-18-5-4-14-28-18/h2-11,14H,12-13,15H2,1H3,(H2,23,24,25,26). The van der Waals surface area contributed by atoms with E-state index < -0.39 is 0 Å². The molecule has 142 valence electrons. The Bertz CT molecular complexity index is 1030. The van der Waals surface area contributed by atoms with E-state index in [4.69, 9.17) is 9.15 Å². The molecule has 0 aliphatic heterocycles. The molecule has 4 aromatic rings. The summed E-state index contributed by atoms with van der Waals surface area (Å²) in [7, 11) is 1.67. The lowest BCUT2D eigenvalue weighted by molar-refractivity contribution is 0.414. The summed E-state index contributed by atoms with van der Waals surface area (Å²) >= 11 is 0. The molecule has 0 unspecified atom stereocenters. The van der Waals surface area contributed by atoms with Gasteiger partial charge in [0.05, 0.1) is 25.4 Å². The third-order valence-corrected chi connectivity index (χ3v) is 4.47. The fraction of sp³-hybridized carbons (Fsp3) is 0.182. The fourth-order valence-corrected chi connectivity index (χ4v) is 2.99. The number of methoxy groups -OCH3 is 1. The van der Waals surface area contributed by atoms with Crippen LogP contribution in [0.25, 0.3) is 10.9 Å². The molecule has 0 atom stereocenters. The third kappa shape index (κ3) is 4.23. The van der Waals surface area contributed by atoms with Crippen molar-refractivity contribution in [1.29, 1.82) is 0 Å². The van der Waals surface area contributed by atoms with Crippen molar-refractivity contribution in [2.75, 3.05) is 24.3 Å². The van der Waals surface area contributed by atoms with Crippen molar-refractivity contribution in [2.24, 2.45) is 0 Å². The molecule has 0 saturated carbocycles. The summed E-state index contributed by atoms with van der Waals surface area (Å²) < 4.78 is 10.6. The first-order chi connectivity index (χ1) is 13.8. The van der Waals surface area contributed by atoms with Gasteiger partial charge in [0.1, 0.15) is 17.3 Å². The van der Waals surface area contributed by atoms with Gasteiger partial charge in [0.25, 0.3) is 0 Å². The number of benzene rings is 2. The van der Waals surface area contributed by atoms with Crippen LogP contribution in [-0.4, -0.2) is 23.6 Å². The zero-order valence-corrected chi connectivity index (χ0v) is 15.7. The van der Waals surface area contributed by atoms with Gasteiger partial charge in [-0.1, -0.05) is 24.3 Å². The lowest BCUT2D eigenvalue weighted by Gasteiger charge is -2.11. The van der Waals surface area contributed by atoms with Gasteiger partial charge in [0, 0.05) is 11.9 Å². The second-order valence-corrected chi connectivity index (χ2v) is 6.37. The van der Waals surface area contributed by atoms with Gasteiger partial charge >= 0.3 is 0 Å². The highest BCUT2D eigenvalue weighted by molar-refractivity contribution is 5.89. The van der Waals surface area contributed by atoms with Crippen LogP contribution in [0.2, 0.25) is 0 Å². The van der Waals surface area contributed by atoms with E-state index >= 15 is 0 Å². The maximum Gasteiger partial charge on any atom is 0.225 e. The van der Waals surface area contributed by atoms with Gasteiger partial charge in [0.15, 0.2) is 0 Å². The minimum absolute atomic E-state index is 0.569. The molecule has 2 aromatic heterocycles. The van der Waals surface area contributed by atoms with Gasteiger partial charge in [-0.2, -0.15) is 4.98 Å². The van der Waals surface area contributed by atoms with Crippen LogP contribution in [0.1, 0.15) is 11.3 Å². The predicted molar refractivity (Wildman–Crippen MR) is 111 cm³/mol. The van der Waals surface area contributed by atoms with Crippen molar-refractivity contribution >= 4 is 22.7 Å². The molecule has 6 nitrogen and oxygen atoms in total. The molecular formula is C22H22N4O2. The van der Waals surface area contributed by atoms with Crippen LogP contribution in [0, 0.1) is 0 Å². The summed E-state index contributed by atoms with van der Waals surface area (Å²) in [6.07, 6.45) is 2.54. The molecule has 0 fully saturated rings. The molecule has 2 heterocycles. The first kappa shape index (κ1) is 17.9. The van der Waals surface area contributed by atoms with Crippen LogP contribution in [0.3, 0.4) is 0 Å². The van der Waals surface area contributed by atoms with E-state index in [0.29, 0.717) is 12.5 Å². The van der Waals surface area contributed by atoms with Crippen LogP contribution < -0.4 is 15.4 Å². The van der Waals surface area contributed by atoms with Gasteiger partial charge in [-0.3, -0.25) is 0 Å². The quantitative estimate of drug-likeness (QED) is 0.473. The van der Waals surface area contributed by atoms with Crippen LogP contribution in [-0.2, 0) is 13.0 Å². The largest absolute Gasteiger partial charge is 0.497 e. The maximum absolute atomic E-state index is 5.40. The van der Waals surface area contributed by atoms with Crippen molar-refractivity contribution in [1.82, 2.24) is 9.97 Å². The number of furan rings is 1. The minimum Gasteiger partial charge on any atom is -0.497 e. The molecule has 0 amide bonds. The number of anilines is 2. The molecule has 2 aromatic carbocycles. The predicted octanol–water partition coefficient (Wildman–Crippen LogP) is 4.50. The Morgan fingerprint density at radius 2 is 1.79 bits per heavy atom. The second kappa shape index (κ2) is 8.43. The van der Waals surface area contributed by atoms with Gasteiger partial charge in [-0.05, 0) is 48.4 Å². The number of aromatic nitrogens is 2. The average molecular weight is 374 g/mol. The van der Waals surface area contributed by atoms with E-state index in [-0.39, 0.29) is 0 Å².